The van der Waals surface area contributed by atoms with Crippen LogP contribution in [-0.4, -0.2) is 41.2 Å². The predicted molar refractivity (Wildman–Crippen MR) is 116 cm³/mol. The van der Waals surface area contributed by atoms with E-state index in [9.17, 15) is 0 Å². The third kappa shape index (κ3) is 4.46. The van der Waals surface area contributed by atoms with E-state index >= 15 is 0 Å². The number of oxazole rings is 1. The summed E-state index contributed by atoms with van der Waals surface area (Å²) in [6.07, 6.45) is 6.44. The summed E-state index contributed by atoms with van der Waals surface area (Å²) in [5.74, 6) is 1.54. The molecular formula is C22H25N4O2S+. The van der Waals surface area contributed by atoms with Crippen LogP contribution in [0.15, 0.2) is 70.4 Å². The molecule has 4 rings (SSSR count). The molecule has 6 nitrogen and oxygen atoms in total. The van der Waals surface area contributed by atoms with Crippen LogP contribution in [0.2, 0.25) is 0 Å². The second-order valence-electron chi connectivity index (χ2n) is 7.18. The topological polar surface area (TPSA) is 59.7 Å². The van der Waals surface area contributed by atoms with Crippen molar-refractivity contribution in [3.8, 4) is 17.2 Å². The molecular weight excluding hydrogens is 384 g/mol. The highest BCUT2D eigenvalue weighted by Gasteiger charge is 2.36. The lowest BCUT2D eigenvalue weighted by molar-refractivity contribution is -0.835. The first-order valence-corrected chi connectivity index (χ1v) is 10.8. The number of nitrogens with zero attached hydrogens (tertiary/aromatic N) is 3. The van der Waals surface area contributed by atoms with Crippen molar-refractivity contribution in [2.24, 2.45) is 5.10 Å². The van der Waals surface area contributed by atoms with Crippen molar-refractivity contribution < 1.29 is 13.6 Å². The van der Waals surface area contributed by atoms with Crippen molar-refractivity contribution in [2.45, 2.75) is 18.5 Å². The second-order valence-corrected chi connectivity index (χ2v) is 8.10. The molecule has 2 unspecified atom stereocenters. The van der Waals surface area contributed by atoms with Gasteiger partial charge in [0.15, 0.2) is 0 Å². The van der Waals surface area contributed by atoms with Gasteiger partial charge in [0.05, 0.1) is 19.3 Å². The molecule has 3 aromatic rings. The van der Waals surface area contributed by atoms with Gasteiger partial charge in [0.25, 0.3) is 0 Å². The molecule has 1 aliphatic heterocycles. The van der Waals surface area contributed by atoms with Gasteiger partial charge < -0.3 is 9.15 Å². The number of quaternary nitrogens is 1. The zero-order valence-corrected chi connectivity index (χ0v) is 17.4. The van der Waals surface area contributed by atoms with Crippen LogP contribution < -0.4 is 10.2 Å². The van der Waals surface area contributed by atoms with Gasteiger partial charge in [-0.05, 0) is 30.5 Å². The maximum absolute atomic E-state index is 6.12. The Morgan fingerprint density at radius 2 is 1.93 bits per heavy atom. The minimum atomic E-state index is 0.203. The summed E-state index contributed by atoms with van der Waals surface area (Å²) < 4.78 is 12.4. The summed E-state index contributed by atoms with van der Waals surface area (Å²) in [7, 11) is 2.17. The molecule has 1 N–H and O–H groups in total. The highest BCUT2D eigenvalue weighted by molar-refractivity contribution is 7.99. The van der Waals surface area contributed by atoms with Crippen molar-refractivity contribution in [2.75, 3.05) is 19.9 Å². The number of para-hydroxylation sites is 1. The standard InChI is InChI=1S/C22H25N4O2S/c1-26(16-23-25-22(26)29-2)14-18-10-6-7-11-20(18)27-13-12-19-15-28-21(24-19)17-8-4-3-5-9-17/h3-11,15-16,22,25H,12-14H2,1-2H3/q+1. The molecule has 0 fully saturated rings. The highest BCUT2D eigenvalue weighted by atomic mass is 32.2. The fourth-order valence-corrected chi connectivity index (χ4v) is 4.16. The Morgan fingerprint density at radius 3 is 2.76 bits per heavy atom. The van der Waals surface area contributed by atoms with E-state index in [-0.39, 0.29) is 5.50 Å². The Labute approximate surface area is 175 Å². The summed E-state index contributed by atoms with van der Waals surface area (Å²) in [6.45, 7) is 1.35. The minimum Gasteiger partial charge on any atom is -0.493 e. The van der Waals surface area contributed by atoms with Crippen LogP contribution >= 0.6 is 11.8 Å². The number of hydrogen-bond donors (Lipinski definition) is 1. The van der Waals surface area contributed by atoms with E-state index in [2.05, 4.69) is 34.9 Å². The third-order valence-corrected chi connectivity index (χ3v) is 5.97. The van der Waals surface area contributed by atoms with Gasteiger partial charge >= 0.3 is 0 Å². The van der Waals surface area contributed by atoms with Crippen molar-refractivity contribution in [1.29, 1.82) is 0 Å². The van der Waals surface area contributed by atoms with Crippen LogP contribution in [0.25, 0.3) is 11.5 Å². The van der Waals surface area contributed by atoms with Gasteiger partial charge in [-0.25, -0.2) is 14.9 Å². The summed E-state index contributed by atoms with van der Waals surface area (Å²) in [6, 6.07) is 18.1. The molecule has 7 heteroatoms. The number of hydrogen-bond acceptors (Lipinski definition) is 6. The Kier molecular flexibility index (Phi) is 5.87. The summed E-state index contributed by atoms with van der Waals surface area (Å²) >= 11 is 1.76. The molecule has 2 atom stereocenters. The lowest BCUT2D eigenvalue weighted by atomic mass is 10.2. The Hall–Kier alpha value is -2.77. The average molecular weight is 410 g/mol. The molecule has 0 saturated heterocycles. The van der Waals surface area contributed by atoms with E-state index in [1.807, 2.05) is 54.9 Å². The zero-order valence-electron chi connectivity index (χ0n) is 16.6. The first kappa shape index (κ1) is 19.5. The molecule has 0 saturated carbocycles. The number of rotatable bonds is 8. The normalized spacial score (nSPS) is 20.6. The maximum atomic E-state index is 6.12. The molecule has 1 aliphatic rings. The van der Waals surface area contributed by atoms with Gasteiger partial charge in [-0.2, -0.15) is 0 Å². The van der Waals surface area contributed by atoms with Crippen LogP contribution in [0.3, 0.4) is 0 Å². The number of nitrogens with one attached hydrogen (secondary N) is 1. The largest absolute Gasteiger partial charge is 0.493 e. The van der Waals surface area contributed by atoms with Crippen LogP contribution in [0.1, 0.15) is 11.3 Å². The van der Waals surface area contributed by atoms with E-state index in [0.717, 1.165) is 29.1 Å². The molecule has 2 heterocycles. The van der Waals surface area contributed by atoms with Gasteiger partial charge in [0, 0.05) is 17.5 Å². The molecule has 0 amide bonds. The highest BCUT2D eigenvalue weighted by Crippen LogP contribution is 2.28. The quantitative estimate of drug-likeness (QED) is 0.568. The third-order valence-electron chi connectivity index (χ3n) is 4.94. The van der Waals surface area contributed by atoms with Crippen molar-refractivity contribution >= 4 is 18.1 Å². The SMILES string of the molecule is CSC1NN=C[N+]1(C)Cc1ccccc1OCCc1coc(-c2ccccc2)n1. The summed E-state index contributed by atoms with van der Waals surface area (Å²) in [5, 5.41) is 4.26. The molecule has 0 aliphatic carbocycles. The van der Waals surface area contributed by atoms with Crippen molar-refractivity contribution in [3.63, 3.8) is 0 Å². The number of thioether (sulfide) groups is 1. The monoisotopic (exact) mass is 409 g/mol. The van der Waals surface area contributed by atoms with E-state index in [4.69, 9.17) is 9.15 Å². The zero-order chi connectivity index (χ0) is 20.1. The maximum Gasteiger partial charge on any atom is 0.231 e. The van der Waals surface area contributed by atoms with Crippen LogP contribution in [0.5, 0.6) is 5.75 Å². The van der Waals surface area contributed by atoms with Crippen LogP contribution in [0, 0.1) is 0 Å². The summed E-state index contributed by atoms with van der Waals surface area (Å²) in [4.78, 5) is 4.57. The smallest absolute Gasteiger partial charge is 0.231 e. The second kappa shape index (κ2) is 8.71. The van der Waals surface area contributed by atoms with Gasteiger partial charge in [0.2, 0.25) is 17.7 Å². The van der Waals surface area contributed by atoms with E-state index in [1.54, 1.807) is 18.0 Å². The fourth-order valence-electron chi connectivity index (χ4n) is 3.38. The number of benzene rings is 2. The van der Waals surface area contributed by atoms with Crippen LogP contribution in [-0.2, 0) is 13.0 Å². The molecule has 0 spiro atoms. The van der Waals surface area contributed by atoms with Crippen molar-refractivity contribution in [3.05, 3.63) is 72.1 Å². The first-order chi connectivity index (χ1) is 14.2. The Balaban J connectivity index is 1.39. The molecule has 0 radical (unpaired) electrons. The van der Waals surface area contributed by atoms with Gasteiger partial charge in [0.1, 0.15) is 18.6 Å². The van der Waals surface area contributed by atoms with Crippen molar-refractivity contribution in [1.82, 2.24) is 10.4 Å². The predicted octanol–water partition coefficient (Wildman–Crippen LogP) is 4.10. The van der Waals surface area contributed by atoms with Crippen LogP contribution in [0.4, 0.5) is 0 Å². The number of aromatic nitrogens is 1. The Bertz CT molecular complexity index is 976. The molecule has 150 valence electrons. The van der Waals surface area contributed by atoms with E-state index < -0.39 is 0 Å². The Morgan fingerprint density at radius 1 is 1.14 bits per heavy atom. The molecule has 29 heavy (non-hydrogen) atoms. The minimum absolute atomic E-state index is 0.203. The first-order valence-electron chi connectivity index (χ1n) is 9.56. The number of ether oxygens (including phenoxy) is 1. The van der Waals surface area contributed by atoms with Gasteiger partial charge in [-0.1, -0.05) is 42.1 Å². The molecule has 0 bridgehead atoms. The van der Waals surface area contributed by atoms with Gasteiger partial charge in [-0.3, -0.25) is 0 Å². The lowest BCUT2D eigenvalue weighted by Crippen LogP contribution is -2.49. The van der Waals surface area contributed by atoms with Gasteiger partial charge in [-0.15, -0.1) is 5.10 Å². The van der Waals surface area contributed by atoms with E-state index in [1.165, 1.54) is 0 Å². The number of hydrazone groups is 1. The fraction of sp³-hybridized carbons (Fsp3) is 0.273. The molecule has 1 aromatic heterocycles. The molecule has 2 aromatic carbocycles. The average Bonchev–Trinajstić information content (AvgIpc) is 3.36. The lowest BCUT2D eigenvalue weighted by Gasteiger charge is -2.31. The van der Waals surface area contributed by atoms with E-state index in [0.29, 0.717) is 23.4 Å². The summed E-state index contributed by atoms with van der Waals surface area (Å²) in [5.41, 5.74) is 6.39.